The molecule has 1 N–H and O–H groups in total. The first-order valence-corrected chi connectivity index (χ1v) is 7.07. The highest BCUT2D eigenvalue weighted by molar-refractivity contribution is 9.10. The Kier molecular flexibility index (Phi) is 5.39. The molecule has 4 nitrogen and oxygen atoms in total. The van der Waals surface area contributed by atoms with Crippen LogP contribution in [0, 0.1) is 0 Å². The van der Waals surface area contributed by atoms with Gasteiger partial charge in [-0.3, -0.25) is 0 Å². The Balaban J connectivity index is 2.21. The highest BCUT2D eigenvalue weighted by Gasteiger charge is 2.09. The molecule has 2 rings (SSSR count). The number of aromatic nitrogens is 2. The van der Waals surface area contributed by atoms with E-state index in [9.17, 15) is 0 Å². The fourth-order valence-electron chi connectivity index (χ4n) is 1.76. The molecule has 0 unspecified atom stereocenters. The van der Waals surface area contributed by atoms with E-state index in [1.165, 1.54) is 0 Å². The molecule has 0 aliphatic carbocycles. The molecule has 0 atom stereocenters. The first-order chi connectivity index (χ1) is 9.22. The molecule has 19 heavy (non-hydrogen) atoms. The van der Waals surface area contributed by atoms with E-state index in [0.717, 1.165) is 27.3 Å². The molecule has 1 aromatic heterocycles. The van der Waals surface area contributed by atoms with E-state index in [1.807, 2.05) is 29.1 Å². The van der Waals surface area contributed by atoms with Crippen molar-refractivity contribution in [2.45, 2.75) is 6.54 Å². The summed E-state index contributed by atoms with van der Waals surface area (Å²) in [5.41, 5.74) is 2.00. The quantitative estimate of drug-likeness (QED) is 0.819. The van der Waals surface area contributed by atoms with Gasteiger partial charge in [0.2, 0.25) is 0 Å². The maximum absolute atomic E-state index is 6.27. The lowest BCUT2D eigenvalue weighted by molar-refractivity contribution is 0.199. The molecular weight excluding hydrogens is 330 g/mol. The van der Waals surface area contributed by atoms with Crippen molar-refractivity contribution in [2.75, 3.05) is 20.3 Å². The maximum Gasteiger partial charge on any atom is 0.0705 e. The van der Waals surface area contributed by atoms with Gasteiger partial charge in [0.25, 0.3) is 0 Å². The summed E-state index contributed by atoms with van der Waals surface area (Å²) in [6, 6.07) is 5.81. The molecule has 1 aromatic carbocycles. The summed E-state index contributed by atoms with van der Waals surface area (Å²) in [6.07, 6.45) is 3.66. The molecule has 0 saturated carbocycles. The van der Waals surface area contributed by atoms with Gasteiger partial charge < -0.3 is 10.1 Å². The number of ether oxygens (including phenoxy) is 1. The zero-order valence-corrected chi connectivity index (χ0v) is 12.9. The van der Waals surface area contributed by atoms with Crippen LogP contribution in [0.15, 0.2) is 35.1 Å². The van der Waals surface area contributed by atoms with Crippen LogP contribution in [-0.2, 0) is 11.3 Å². The van der Waals surface area contributed by atoms with Crippen LogP contribution in [0.3, 0.4) is 0 Å². The normalized spacial score (nSPS) is 10.9. The number of nitrogens with one attached hydrogen (secondary N) is 1. The van der Waals surface area contributed by atoms with Crippen LogP contribution in [0.4, 0.5) is 0 Å². The van der Waals surface area contributed by atoms with Gasteiger partial charge in [0.15, 0.2) is 0 Å². The fourth-order valence-corrected chi connectivity index (χ4v) is 2.28. The molecule has 6 heteroatoms. The van der Waals surface area contributed by atoms with Crippen molar-refractivity contribution < 1.29 is 4.74 Å². The van der Waals surface area contributed by atoms with Crippen LogP contribution in [0.2, 0.25) is 5.02 Å². The number of hydrogen-bond donors (Lipinski definition) is 1. The topological polar surface area (TPSA) is 39.1 Å². The minimum Gasteiger partial charge on any atom is -0.383 e. The third-order valence-electron chi connectivity index (χ3n) is 2.68. The lowest BCUT2D eigenvalue weighted by Crippen LogP contribution is -2.20. The Morgan fingerprint density at radius 1 is 1.47 bits per heavy atom. The van der Waals surface area contributed by atoms with Gasteiger partial charge in [-0.2, -0.15) is 5.10 Å². The molecular formula is C13H15BrClN3O. The molecule has 0 radical (unpaired) electrons. The first-order valence-electron chi connectivity index (χ1n) is 5.90. The Labute approximate surface area is 125 Å². The van der Waals surface area contributed by atoms with Gasteiger partial charge in [-0.1, -0.05) is 17.7 Å². The van der Waals surface area contributed by atoms with Crippen LogP contribution in [0.1, 0.15) is 5.56 Å². The van der Waals surface area contributed by atoms with Crippen molar-refractivity contribution in [3.63, 3.8) is 0 Å². The molecule has 0 aliphatic heterocycles. The zero-order chi connectivity index (χ0) is 13.7. The molecule has 0 spiro atoms. The Morgan fingerprint density at radius 2 is 2.32 bits per heavy atom. The Morgan fingerprint density at radius 3 is 3.00 bits per heavy atom. The van der Waals surface area contributed by atoms with Crippen molar-refractivity contribution in [2.24, 2.45) is 0 Å². The SMILES string of the molecule is COCCNCc1c(Cl)cccc1-n1cc(Br)cn1. The summed E-state index contributed by atoms with van der Waals surface area (Å²) in [6.45, 7) is 2.13. The number of hydrogen-bond acceptors (Lipinski definition) is 3. The number of methoxy groups -OCH3 is 1. The van der Waals surface area contributed by atoms with Gasteiger partial charge >= 0.3 is 0 Å². The van der Waals surface area contributed by atoms with E-state index in [0.29, 0.717) is 13.2 Å². The molecule has 0 saturated heterocycles. The summed E-state index contributed by atoms with van der Waals surface area (Å²) in [5, 5.41) is 8.32. The largest absolute Gasteiger partial charge is 0.383 e. The molecule has 2 aromatic rings. The minimum atomic E-state index is 0.674. The number of nitrogens with zero attached hydrogens (tertiary/aromatic N) is 2. The van der Waals surface area contributed by atoms with Gasteiger partial charge in [0.1, 0.15) is 0 Å². The maximum atomic E-state index is 6.27. The molecule has 1 heterocycles. The average Bonchev–Trinajstić information content (AvgIpc) is 2.82. The first kappa shape index (κ1) is 14.5. The second-order valence-corrected chi connectivity index (χ2v) is 5.33. The Hall–Kier alpha value is -0.880. The average molecular weight is 345 g/mol. The predicted molar refractivity (Wildman–Crippen MR) is 79.9 cm³/mol. The van der Waals surface area contributed by atoms with Crippen LogP contribution in [0.25, 0.3) is 5.69 Å². The van der Waals surface area contributed by atoms with Gasteiger partial charge in [-0.15, -0.1) is 0 Å². The van der Waals surface area contributed by atoms with E-state index < -0.39 is 0 Å². The third kappa shape index (κ3) is 3.79. The van der Waals surface area contributed by atoms with Gasteiger partial charge in [0, 0.05) is 37.0 Å². The van der Waals surface area contributed by atoms with Crippen LogP contribution < -0.4 is 5.32 Å². The molecule has 0 aliphatic rings. The number of rotatable bonds is 6. The van der Waals surface area contributed by atoms with Crippen LogP contribution in [-0.4, -0.2) is 30.0 Å². The molecule has 102 valence electrons. The molecule has 0 bridgehead atoms. The summed E-state index contributed by atoms with van der Waals surface area (Å²) in [5.74, 6) is 0. The Bertz CT molecular complexity index is 544. The van der Waals surface area contributed by atoms with Gasteiger partial charge in [0.05, 0.1) is 23.0 Å². The zero-order valence-electron chi connectivity index (χ0n) is 10.6. The monoisotopic (exact) mass is 343 g/mol. The van der Waals surface area contributed by atoms with E-state index in [1.54, 1.807) is 13.3 Å². The number of halogens is 2. The van der Waals surface area contributed by atoms with E-state index in [2.05, 4.69) is 26.3 Å². The fraction of sp³-hybridized carbons (Fsp3) is 0.308. The lowest BCUT2D eigenvalue weighted by Gasteiger charge is -2.12. The third-order valence-corrected chi connectivity index (χ3v) is 3.44. The lowest BCUT2D eigenvalue weighted by atomic mass is 10.1. The smallest absolute Gasteiger partial charge is 0.0705 e. The van der Waals surface area contributed by atoms with Crippen molar-refractivity contribution in [3.8, 4) is 5.69 Å². The van der Waals surface area contributed by atoms with E-state index in [-0.39, 0.29) is 0 Å². The highest BCUT2D eigenvalue weighted by Crippen LogP contribution is 2.23. The highest BCUT2D eigenvalue weighted by atomic mass is 79.9. The van der Waals surface area contributed by atoms with Gasteiger partial charge in [-0.05, 0) is 28.1 Å². The summed E-state index contributed by atoms with van der Waals surface area (Å²) >= 11 is 9.67. The summed E-state index contributed by atoms with van der Waals surface area (Å²) in [7, 11) is 1.68. The van der Waals surface area contributed by atoms with Crippen LogP contribution >= 0.6 is 27.5 Å². The van der Waals surface area contributed by atoms with E-state index >= 15 is 0 Å². The van der Waals surface area contributed by atoms with Crippen molar-refractivity contribution >= 4 is 27.5 Å². The molecule has 0 amide bonds. The number of benzene rings is 1. The van der Waals surface area contributed by atoms with Crippen molar-refractivity contribution in [1.29, 1.82) is 0 Å². The standard InChI is InChI=1S/C13H15BrClN3O/c1-19-6-5-16-8-11-12(15)3-2-4-13(11)18-9-10(14)7-17-18/h2-4,7,9,16H,5-6,8H2,1H3. The second-order valence-electron chi connectivity index (χ2n) is 4.01. The van der Waals surface area contributed by atoms with Crippen molar-refractivity contribution in [3.05, 3.63) is 45.7 Å². The van der Waals surface area contributed by atoms with Crippen molar-refractivity contribution in [1.82, 2.24) is 15.1 Å². The predicted octanol–water partition coefficient (Wildman–Crippen LogP) is 3.02. The van der Waals surface area contributed by atoms with E-state index in [4.69, 9.17) is 16.3 Å². The van der Waals surface area contributed by atoms with Gasteiger partial charge in [-0.25, -0.2) is 4.68 Å². The minimum absolute atomic E-state index is 0.674. The molecule has 0 fully saturated rings. The summed E-state index contributed by atoms with van der Waals surface area (Å²) in [4.78, 5) is 0. The second kappa shape index (κ2) is 7.05. The summed E-state index contributed by atoms with van der Waals surface area (Å²) < 4.78 is 7.75. The van der Waals surface area contributed by atoms with Crippen LogP contribution in [0.5, 0.6) is 0 Å².